The van der Waals surface area contributed by atoms with E-state index in [-0.39, 0.29) is 6.03 Å². The molecule has 86 valence electrons. The molecule has 4 nitrogen and oxygen atoms in total. The van der Waals surface area contributed by atoms with Crippen molar-refractivity contribution in [1.29, 1.82) is 0 Å². The van der Waals surface area contributed by atoms with Crippen LogP contribution in [0.3, 0.4) is 0 Å². The Morgan fingerprint density at radius 3 is 2.40 bits per heavy atom. The maximum absolute atomic E-state index is 11.7. The average molecular weight is 211 g/mol. The Bertz CT molecular complexity index is 230. The second kappa shape index (κ2) is 4.39. The molecule has 2 saturated heterocycles. The number of nitrogens with one attached hydrogen (secondary N) is 1. The van der Waals surface area contributed by atoms with Crippen LogP contribution in [-0.4, -0.2) is 55.6 Å². The first-order valence-electron chi connectivity index (χ1n) is 5.92. The predicted octanol–water partition coefficient (Wildman–Crippen LogP) is 0.599. The molecule has 2 fully saturated rings. The molecule has 0 saturated carbocycles. The van der Waals surface area contributed by atoms with Crippen molar-refractivity contribution < 1.29 is 4.79 Å². The molecular weight excluding hydrogens is 190 g/mol. The van der Waals surface area contributed by atoms with Gasteiger partial charge in [-0.15, -0.1) is 0 Å². The van der Waals surface area contributed by atoms with E-state index in [1.54, 1.807) is 0 Å². The van der Waals surface area contributed by atoms with Crippen LogP contribution in [0.1, 0.15) is 13.3 Å². The summed E-state index contributed by atoms with van der Waals surface area (Å²) in [5.74, 6) is 1.42. The van der Waals surface area contributed by atoms with Gasteiger partial charge in [-0.2, -0.15) is 0 Å². The molecular formula is C11H21N3O. The van der Waals surface area contributed by atoms with E-state index in [0.717, 1.165) is 39.1 Å². The van der Waals surface area contributed by atoms with E-state index in [1.807, 2.05) is 4.90 Å². The molecule has 4 heteroatoms. The minimum Gasteiger partial charge on any atom is -0.338 e. The van der Waals surface area contributed by atoms with Crippen LogP contribution in [0.2, 0.25) is 0 Å². The lowest BCUT2D eigenvalue weighted by atomic mass is 10.0. The fourth-order valence-corrected chi connectivity index (χ4v) is 2.74. The Kier molecular flexibility index (Phi) is 3.14. The molecule has 2 aliphatic rings. The topological polar surface area (TPSA) is 35.6 Å². The van der Waals surface area contributed by atoms with Crippen molar-refractivity contribution in [2.75, 3.05) is 39.8 Å². The van der Waals surface area contributed by atoms with Crippen LogP contribution in [0, 0.1) is 11.8 Å². The van der Waals surface area contributed by atoms with E-state index in [1.165, 1.54) is 0 Å². The largest absolute Gasteiger partial charge is 0.338 e. The van der Waals surface area contributed by atoms with E-state index in [0.29, 0.717) is 11.8 Å². The first kappa shape index (κ1) is 10.7. The zero-order chi connectivity index (χ0) is 10.8. The van der Waals surface area contributed by atoms with Crippen LogP contribution < -0.4 is 5.32 Å². The smallest absolute Gasteiger partial charge is 0.317 e. The molecule has 0 aromatic heterocycles. The van der Waals surface area contributed by atoms with Crippen molar-refractivity contribution in [3.05, 3.63) is 0 Å². The highest BCUT2D eigenvalue weighted by Gasteiger charge is 2.40. The van der Waals surface area contributed by atoms with Crippen molar-refractivity contribution in [1.82, 2.24) is 15.1 Å². The molecule has 0 spiro atoms. The van der Waals surface area contributed by atoms with Gasteiger partial charge in [-0.25, -0.2) is 4.79 Å². The van der Waals surface area contributed by atoms with E-state index in [2.05, 4.69) is 24.2 Å². The highest BCUT2D eigenvalue weighted by atomic mass is 16.2. The van der Waals surface area contributed by atoms with Crippen LogP contribution in [0.15, 0.2) is 0 Å². The van der Waals surface area contributed by atoms with Crippen molar-refractivity contribution >= 4 is 6.03 Å². The minimum absolute atomic E-state index is 0.133. The molecule has 0 radical (unpaired) electrons. The number of nitrogens with zero attached hydrogens (tertiary/aromatic N) is 2. The molecule has 2 aliphatic heterocycles. The lowest BCUT2D eigenvalue weighted by Crippen LogP contribution is -2.40. The monoisotopic (exact) mass is 211 g/mol. The Balaban J connectivity index is 1.81. The van der Waals surface area contributed by atoms with Crippen LogP contribution in [-0.2, 0) is 0 Å². The molecule has 2 unspecified atom stereocenters. The van der Waals surface area contributed by atoms with Gasteiger partial charge >= 0.3 is 6.03 Å². The molecule has 15 heavy (non-hydrogen) atoms. The zero-order valence-corrected chi connectivity index (χ0v) is 9.70. The van der Waals surface area contributed by atoms with Crippen molar-refractivity contribution in [3.63, 3.8) is 0 Å². The molecule has 0 aromatic rings. The zero-order valence-electron chi connectivity index (χ0n) is 9.70. The Labute approximate surface area is 91.6 Å². The SMILES string of the molecule is CCCNC(=O)N1CC2CN(C)CC2C1. The minimum atomic E-state index is 0.133. The summed E-state index contributed by atoms with van der Waals surface area (Å²) >= 11 is 0. The molecule has 0 bridgehead atoms. The summed E-state index contributed by atoms with van der Waals surface area (Å²) in [5.41, 5.74) is 0. The average Bonchev–Trinajstić information content (AvgIpc) is 2.70. The number of amides is 2. The van der Waals surface area contributed by atoms with Crippen molar-refractivity contribution in [3.8, 4) is 0 Å². The van der Waals surface area contributed by atoms with Gasteiger partial charge in [0.1, 0.15) is 0 Å². The summed E-state index contributed by atoms with van der Waals surface area (Å²) < 4.78 is 0. The van der Waals surface area contributed by atoms with Crippen LogP contribution in [0.4, 0.5) is 4.79 Å². The lowest BCUT2D eigenvalue weighted by Gasteiger charge is -2.19. The number of fused-ring (bicyclic) bond motifs is 1. The third-order valence-electron chi connectivity index (χ3n) is 3.48. The number of likely N-dealkylation sites (tertiary alicyclic amines) is 2. The lowest BCUT2D eigenvalue weighted by molar-refractivity contribution is 0.202. The number of rotatable bonds is 2. The van der Waals surface area contributed by atoms with E-state index in [4.69, 9.17) is 0 Å². The van der Waals surface area contributed by atoms with Gasteiger partial charge in [-0.3, -0.25) is 0 Å². The summed E-state index contributed by atoms with van der Waals surface area (Å²) in [6.45, 7) is 7.08. The van der Waals surface area contributed by atoms with Crippen molar-refractivity contribution in [2.24, 2.45) is 11.8 Å². The van der Waals surface area contributed by atoms with Gasteiger partial charge in [0, 0.05) is 32.7 Å². The van der Waals surface area contributed by atoms with Crippen LogP contribution in [0.25, 0.3) is 0 Å². The normalized spacial score (nSPS) is 30.7. The summed E-state index contributed by atoms with van der Waals surface area (Å²) in [7, 11) is 2.17. The first-order valence-corrected chi connectivity index (χ1v) is 5.92. The number of hydrogen-bond donors (Lipinski definition) is 1. The number of carbonyl (C=O) groups excluding carboxylic acids is 1. The van der Waals surface area contributed by atoms with Gasteiger partial charge in [0.25, 0.3) is 0 Å². The van der Waals surface area contributed by atoms with E-state index < -0.39 is 0 Å². The second-order valence-corrected chi connectivity index (χ2v) is 4.88. The third-order valence-corrected chi connectivity index (χ3v) is 3.48. The maximum Gasteiger partial charge on any atom is 0.317 e. The molecule has 0 aromatic carbocycles. The van der Waals surface area contributed by atoms with Gasteiger partial charge in [-0.1, -0.05) is 6.92 Å². The summed E-state index contributed by atoms with van der Waals surface area (Å²) in [6, 6.07) is 0.133. The summed E-state index contributed by atoms with van der Waals surface area (Å²) in [5, 5.41) is 2.95. The Morgan fingerprint density at radius 1 is 1.27 bits per heavy atom. The van der Waals surface area contributed by atoms with Gasteiger partial charge in [0.2, 0.25) is 0 Å². The third kappa shape index (κ3) is 2.25. The van der Waals surface area contributed by atoms with Gasteiger partial charge in [0.15, 0.2) is 0 Å². The van der Waals surface area contributed by atoms with Crippen molar-refractivity contribution in [2.45, 2.75) is 13.3 Å². The summed E-state index contributed by atoms with van der Waals surface area (Å²) in [4.78, 5) is 16.1. The number of hydrogen-bond acceptors (Lipinski definition) is 2. The molecule has 1 N–H and O–H groups in total. The maximum atomic E-state index is 11.7. The number of carbonyl (C=O) groups is 1. The van der Waals surface area contributed by atoms with Crippen LogP contribution in [0.5, 0.6) is 0 Å². The molecule has 2 rings (SSSR count). The van der Waals surface area contributed by atoms with E-state index in [9.17, 15) is 4.79 Å². The fourth-order valence-electron chi connectivity index (χ4n) is 2.74. The van der Waals surface area contributed by atoms with Gasteiger partial charge in [0.05, 0.1) is 0 Å². The molecule has 0 aliphatic carbocycles. The highest BCUT2D eigenvalue weighted by Crippen LogP contribution is 2.29. The molecule has 2 heterocycles. The molecule has 2 amide bonds. The first-order chi connectivity index (χ1) is 7.20. The standard InChI is InChI=1S/C11H21N3O/c1-3-4-12-11(15)14-7-9-5-13(2)6-10(9)8-14/h9-10H,3-8H2,1-2H3,(H,12,15). The highest BCUT2D eigenvalue weighted by molar-refractivity contribution is 5.74. The molecule has 2 atom stereocenters. The quantitative estimate of drug-likeness (QED) is 0.726. The van der Waals surface area contributed by atoms with Gasteiger partial charge < -0.3 is 15.1 Å². The van der Waals surface area contributed by atoms with Gasteiger partial charge in [-0.05, 0) is 25.3 Å². The Hall–Kier alpha value is -0.770. The Morgan fingerprint density at radius 2 is 1.87 bits per heavy atom. The van der Waals surface area contributed by atoms with E-state index >= 15 is 0 Å². The summed E-state index contributed by atoms with van der Waals surface area (Å²) in [6.07, 6.45) is 1.01. The fraction of sp³-hybridized carbons (Fsp3) is 0.909. The van der Waals surface area contributed by atoms with Crippen LogP contribution >= 0.6 is 0 Å². The predicted molar refractivity (Wildman–Crippen MR) is 59.7 cm³/mol. The number of urea groups is 1. The second-order valence-electron chi connectivity index (χ2n) is 4.88.